The lowest BCUT2D eigenvalue weighted by Gasteiger charge is -2.31. The number of nitrogens with one attached hydrogen (secondary N) is 1. The number of carbonyl (C=O) groups excluding carboxylic acids is 2. The van der Waals surface area contributed by atoms with Gasteiger partial charge in [-0.3, -0.25) is 9.59 Å². The van der Waals surface area contributed by atoms with E-state index in [1.807, 2.05) is 43.3 Å². The Bertz CT molecular complexity index is 1250. The summed E-state index contributed by atoms with van der Waals surface area (Å²) in [6, 6.07) is 16.4. The minimum atomic E-state index is -0.645. The minimum absolute atomic E-state index is 0.144. The number of hydrogen-bond donors (Lipinski definition) is 1. The van der Waals surface area contributed by atoms with Crippen LogP contribution in [0.5, 0.6) is 5.75 Å². The van der Waals surface area contributed by atoms with E-state index in [1.165, 1.54) is 0 Å². The predicted octanol–water partition coefficient (Wildman–Crippen LogP) is 7.15. The largest absolute Gasteiger partial charge is 0.483 e. The highest BCUT2D eigenvalue weighted by atomic mass is 79.9. The third kappa shape index (κ3) is 6.34. The van der Waals surface area contributed by atoms with Crippen LogP contribution in [0.4, 0.5) is 0 Å². The molecule has 3 aromatic rings. The number of ether oxygens (including phenoxy) is 1. The molecule has 1 atom stereocenters. The Morgan fingerprint density at radius 3 is 2.58 bits per heavy atom. The SMILES string of the molecule is CC[C@H](C(=O)NC1CCCC1)N(Cc1ccc(Cl)cc1Cl)C(=O)COc1ccc2ccccc2c1Br. The van der Waals surface area contributed by atoms with Crippen molar-refractivity contribution < 1.29 is 14.3 Å². The topological polar surface area (TPSA) is 58.6 Å². The fraction of sp³-hybridized carbons (Fsp3) is 0.357. The molecule has 0 unspecified atom stereocenters. The first-order valence-electron chi connectivity index (χ1n) is 12.2. The molecule has 0 aliphatic heterocycles. The first kappa shape index (κ1) is 26.8. The quantitative estimate of drug-likeness (QED) is 0.287. The van der Waals surface area contributed by atoms with Crippen molar-refractivity contribution in [1.29, 1.82) is 0 Å². The summed E-state index contributed by atoms with van der Waals surface area (Å²) < 4.78 is 6.74. The number of hydrogen-bond acceptors (Lipinski definition) is 3. The molecule has 5 nitrogen and oxygen atoms in total. The summed E-state index contributed by atoms with van der Waals surface area (Å²) in [5, 5.41) is 6.16. The van der Waals surface area contributed by atoms with Gasteiger partial charge in [0.25, 0.3) is 5.91 Å². The van der Waals surface area contributed by atoms with Gasteiger partial charge in [-0.05, 0) is 69.7 Å². The van der Waals surface area contributed by atoms with E-state index >= 15 is 0 Å². The first-order valence-corrected chi connectivity index (χ1v) is 13.8. The van der Waals surface area contributed by atoms with E-state index in [1.54, 1.807) is 23.1 Å². The summed E-state index contributed by atoms with van der Waals surface area (Å²) >= 11 is 16.1. The van der Waals surface area contributed by atoms with Gasteiger partial charge >= 0.3 is 0 Å². The monoisotopic (exact) mass is 590 g/mol. The van der Waals surface area contributed by atoms with Crippen LogP contribution in [0.1, 0.15) is 44.6 Å². The zero-order chi connectivity index (χ0) is 25.7. The maximum absolute atomic E-state index is 13.6. The molecule has 1 aliphatic carbocycles. The molecule has 1 saturated carbocycles. The van der Waals surface area contributed by atoms with Crippen molar-refractivity contribution >= 4 is 61.7 Å². The van der Waals surface area contributed by atoms with Crippen LogP contribution in [0.2, 0.25) is 10.0 Å². The van der Waals surface area contributed by atoms with Gasteiger partial charge in [0, 0.05) is 22.6 Å². The first-order chi connectivity index (χ1) is 17.4. The lowest BCUT2D eigenvalue weighted by atomic mass is 10.1. The summed E-state index contributed by atoms with van der Waals surface area (Å²) in [6.45, 7) is 1.87. The Morgan fingerprint density at radius 2 is 1.86 bits per heavy atom. The van der Waals surface area contributed by atoms with E-state index in [2.05, 4.69) is 21.2 Å². The number of carbonyl (C=O) groups is 2. The number of nitrogens with zero attached hydrogens (tertiary/aromatic N) is 1. The lowest BCUT2D eigenvalue weighted by molar-refractivity contribution is -0.143. The third-order valence-corrected chi connectivity index (χ3v) is 8.03. The maximum Gasteiger partial charge on any atom is 0.261 e. The number of fused-ring (bicyclic) bond motifs is 1. The lowest BCUT2D eigenvalue weighted by Crippen LogP contribution is -2.52. The molecule has 2 amide bonds. The van der Waals surface area contributed by atoms with Crippen molar-refractivity contribution in [3.8, 4) is 5.75 Å². The van der Waals surface area contributed by atoms with Crippen LogP contribution in [0.15, 0.2) is 59.1 Å². The Hall–Kier alpha value is -2.28. The van der Waals surface area contributed by atoms with Crippen LogP contribution in [0, 0.1) is 0 Å². The second kappa shape index (κ2) is 12.3. The summed E-state index contributed by atoms with van der Waals surface area (Å²) in [5.41, 5.74) is 0.716. The van der Waals surface area contributed by atoms with Crippen LogP contribution in [-0.4, -0.2) is 35.4 Å². The number of halogens is 3. The molecular formula is C28H29BrCl2N2O3. The summed E-state index contributed by atoms with van der Waals surface area (Å²) in [5.74, 6) is 0.124. The number of benzene rings is 3. The summed E-state index contributed by atoms with van der Waals surface area (Å²) in [4.78, 5) is 28.4. The fourth-order valence-corrected chi connectivity index (χ4v) is 5.74. The molecular weight excluding hydrogens is 563 g/mol. The molecule has 0 radical (unpaired) electrons. The van der Waals surface area contributed by atoms with E-state index < -0.39 is 6.04 Å². The normalized spacial score (nSPS) is 14.6. The maximum atomic E-state index is 13.6. The molecule has 1 aliphatic rings. The van der Waals surface area contributed by atoms with E-state index in [4.69, 9.17) is 27.9 Å². The highest BCUT2D eigenvalue weighted by Crippen LogP contribution is 2.33. The molecule has 1 fully saturated rings. The van der Waals surface area contributed by atoms with Gasteiger partial charge in [-0.2, -0.15) is 0 Å². The van der Waals surface area contributed by atoms with E-state index in [0.717, 1.165) is 40.9 Å². The molecule has 0 spiro atoms. The van der Waals surface area contributed by atoms with Crippen molar-refractivity contribution in [2.45, 2.75) is 57.7 Å². The van der Waals surface area contributed by atoms with Gasteiger partial charge in [0.05, 0.1) is 4.47 Å². The number of rotatable bonds is 9. The highest BCUT2D eigenvalue weighted by molar-refractivity contribution is 9.10. The smallest absolute Gasteiger partial charge is 0.261 e. The van der Waals surface area contributed by atoms with Crippen LogP contribution in [-0.2, 0) is 16.1 Å². The average molecular weight is 592 g/mol. The molecule has 0 aromatic heterocycles. The Kier molecular flexibility index (Phi) is 9.15. The Morgan fingerprint density at radius 1 is 1.11 bits per heavy atom. The molecule has 190 valence electrons. The molecule has 3 aromatic carbocycles. The molecule has 4 rings (SSSR count). The van der Waals surface area contributed by atoms with Gasteiger partial charge in [-0.25, -0.2) is 0 Å². The molecule has 36 heavy (non-hydrogen) atoms. The third-order valence-electron chi connectivity index (χ3n) is 6.62. The van der Waals surface area contributed by atoms with Crippen LogP contribution < -0.4 is 10.1 Å². The van der Waals surface area contributed by atoms with Gasteiger partial charge in [-0.15, -0.1) is 0 Å². The van der Waals surface area contributed by atoms with E-state index in [0.29, 0.717) is 27.8 Å². The number of amides is 2. The Labute approximate surface area is 230 Å². The highest BCUT2D eigenvalue weighted by Gasteiger charge is 2.31. The molecule has 8 heteroatoms. The zero-order valence-corrected chi connectivity index (χ0v) is 23.2. The molecule has 0 heterocycles. The fourth-order valence-electron chi connectivity index (χ4n) is 4.67. The second-order valence-electron chi connectivity index (χ2n) is 9.06. The summed E-state index contributed by atoms with van der Waals surface area (Å²) in [7, 11) is 0. The summed E-state index contributed by atoms with van der Waals surface area (Å²) in [6.07, 6.45) is 4.63. The molecule has 0 saturated heterocycles. The van der Waals surface area contributed by atoms with Crippen molar-refractivity contribution in [2.24, 2.45) is 0 Å². The Balaban J connectivity index is 1.56. The van der Waals surface area contributed by atoms with E-state index in [9.17, 15) is 9.59 Å². The van der Waals surface area contributed by atoms with Crippen molar-refractivity contribution in [2.75, 3.05) is 6.61 Å². The van der Waals surface area contributed by atoms with Gasteiger partial charge in [0.1, 0.15) is 11.8 Å². The minimum Gasteiger partial charge on any atom is -0.483 e. The predicted molar refractivity (Wildman–Crippen MR) is 149 cm³/mol. The van der Waals surface area contributed by atoms with Gasteiger partial charge < -0.3 is 15.0 Å². The average Bonchev–Trinajstić information content (AvgIpc) is 3.38. The van der Waals surface area contributed by atoms with Crippen molar-refractivity contribution in [3.05, 3.63) is 74.7 Å². The van der Waals surface area contributed by atoms with Gasteiger partial charge in [-0.1, -0.05) is 79.4 Å². The standard InChI is InChI=1S/C28H29BrCl2N2O3/c1-2-24(28(35)32-21-8-4-5-9-21)33(16-19-11-13-20(30)15-23(19)31)26(34)17-36-25-14-12-18-7-3-6-10-22(18)27(25)29/h3,6-7,10-15,21,24H,2,4-5,8-9,16-17H2,1H3,(H,32,35)/t24-/m1/s1. The van der Waals surface area contributed by atoms with Crippen molar-refractivity contribution in [3.63, 3.8) is 0 Å². The van der Waals surface area contributed by atoms with Gasteiger partial charge in [0.2, 0.25) is 5.91 Å². The van der Waals surface area contributed by atoms with Gasteiger partial charge in [0.15, 0.2) is 6.61 Å². The van der Waals surface area contributed by atoms with Crippen LogP contribution in [0.25, 0.3) is 10.8 Å². The van der Waals surface area contributed by atoms with Crippen molar-refractivity contribution in [1.82, 2.24) is 10.2 Å². The second-order valence-corrected chi connectivity index (χ2v) is 10.7. The molecule has 1 N–H and O–H groups in total. The van der Waals surface area contributed by atoms with Crippen LogP contribution >= 0.6 is 39.1 Å². The van der Waals surface area contributed by atoms with E-state index in [-0.39, 0.29) is 31.0 Å². The van der Waals surface area contributed by atoms with Crippen LogP contribution in [0.3, 0.4) is 0 Å². The zero-order valence-electron chi connectivity index (χ0n) is 20.1. The molecule has 0 bridgehead atoms.